The Morgan fingerprint density at radius 2 is 1.91 bits per heavy atom. The summed E-state index contributed by atoms with van der Waals surface area (Å²) >= 11 is 7.39. The van der Waals surface area contributed by atoms with Crippen molar-refractivity contribution < 1.29 is 18.3 Å². The minimum absolute atomic E-state index is 0.115. The van der Waals surface area contributed by atoms with Gasteiger partial charge in [-0.15, -0.1) is 11.3 Å². The number of sulfone groups is 1. The predicted molar refractivity (Wildman–Crippen MR) is 144 cm³/mol. The first-order valence-corrected chi connectivity index (χ1v) is 14.5. The molecule has 0 aliphatic carbocycles. The highest BCUT2D eigenvalue weighted by molar-refractivity contribution is 7.93. The molecule has 2 heterocycles. The van der Waals surface area contributed by atoms with Gasteiger partial charge in [0.15, 0.2) is 9.84 Å². The number of aliphatic carboxylic acids is 1. The summed E-state index contributed by atoms with van der Waals surface area (Å²) in [6, 6.07) is 13.0. The van der Waals surface area contributed by atoms with Crippen molar-refractivity contribution in [3.05, 3.63) is 64.8 Å². The van der Waals surface area contributed by atoms with Crippen LogP contribution in [0.2, 0.25) is 5.02 Å². The number of carboxylic acids is 1. The average Bonchev–Trinajstić information content (AvgIpc) is 3.39. The summed E-state index contributed by atoms with van der Waals surface area (Å²) in [4.78, 5) is 11.3. The summed E-state index contributed by atoms with van der Waals surface area (Å²) in [6.45, 7) is 4.96. The number of aryl methyl sites for hydroxylation is 2. The zero-order valence-corrected chi connectivity index (χ0v) is 22.1. The van der Waals surface area contributed by atoms with Crippen LogP contribution in [0.15, 0.2) is 52.9 Å². The number of carboxylic acid groups (broad SMARTS) is 1. The molecule has 9 heteroatoms. The van der Waals surface area contributed by atoms with Crippen LogP contribution in [-0.4, -0.2) is 42.9 Å². The molecule has 0 amide bonds. The Kier molecular flexibility index (Phi) is 7.86. The lowest BCUT2D eigenvalue weighted by molar-refractivity contribution is -0.140. The Balaban J connectivity index is 1.23. The van der Waals surface area contributed by atoms with Crippen LogP contribution in [0.25, 0.3) is 21.0 Å². The SMILES string of the molecule is Cc1c(S(=O)(=O)CCCNCCCc2ccc3c(ccn3C(C)C(=O)O)c2)sc2ccc(Cl)cc12. The molecule has 1 atom stereocenters. The van der Waals surface area contributed by atoms with Gasteiger partial charge in [0.05, 0.1) is 5.75 Å². The zero-order valence-electron chi connectivity index (χ0n) is 19.8. The summed E-state index contributed by atoms with van der Waals surface area (Å²) < 4.78 is 28.9. The molecular weight excluding hydrogens is 504 g/mol. The fraction of sp³-hybridized carbons (Fsp3) is 0.346. The number of hydrogen-bond acceptors (Lipinski definition) is 5. The summed E-state index contributed by atoms with van der Waals surface area (Å²) in [7, 11) is -3.34. The third-order valence-corrected chi connectivity index (χ3v) is 10.3. The van der Waals surface area contributed by atoms with E-state index in [-0.39, 0.29) is 5.75 Å². The van der Waals surface area contributed by atoms with Crippen molar-refractivity contribution in [2.75, 3.05) is 18.8 Å². The van der Waals surface area contributed by atoms with Gasteiger partial charge in [0.25, 0.3) is 0 Å². The summed E-state index contributed by atoms with van der Waals surface area (Å²) in [5.74, 6) is -0.738. The molecular formula is C26H29ClN2O4S2. The Bertz CT molecular complexity index is 1470. The van der Waals surface area contributed by atoms with E-state index in [1.54, 1.807) is 17.6 Å². The smallest absolute Gasteiger partial charge is 0.326 e. The van der Waals surface area contributed by atoms with Gasteiger partial charge in [-0.25, -0.2) is 13.2 Å². The first-order chi connectivity index (χ1) is 16.7. The molecule has 0 aliphatic rings. The summed E-state index contributed by atoms with van der Waals surface area (Å²) in [6.07, 6.45) is 4.20. The van der Waals surface area contributed by atoms with Gasteiger partial charge >= 0.3 is 5.97 Å². The van der Waals surface area contributed by atoms with Crippen LogP contribution >= 0.6 is 22.9 Å². The zero-order chi connectivity index (χ0) is 25.2. The molecule has 0 bridgehead atoms. The Morgan fingerprint density at radius 3 is 2.69 bits per heavy atom. The molecule has 0 radical (unpaired) electrons. The standard InChI is InChI=1S/C26H29ClN2O4S2/c1-17-22-16-21(27)7-9-24(22)34-26(17)35(32,33)14-4-12-28-11-3-5-19-6-8-23-20(15-19)10-13-29(23)18(2)25(30)31/h6-10,13,15-16,18,28H,3-5,11-12,14H2,1-2H3,(H,30,31). The number of nitrogens with one attached hydrogen (secondary N) is 1. The van der Waals surface area contributed by atoms with E-state index in [1.807, 2.05) is 43.5 Å². The third kappa shape index (κ3) is 5.72. The van der Waals surface area contributed by atoms with Crippen molar-refractivity contribution >= 4 is 59.7 Å². The van der Waals surface area contributed by atoms with E-state index in [4.69, 9.17) is 11.6 Å². The number of benzene rings is 2. The van der Waals surface area contributed by atoms with E-state index >= 15 is 0 Å². The van der Waals surface area contributed by atoms with E-state index < -0.39 is 21.8 Å². The molecule has 0 saturated heterocycles. The van der Waals surface area contributed by atoms with Crippen LogP contribution in [0.5, 0.6) is 0 Å². The first kappa shape index (κ1) is 25.7. The van der Waals surface area contributed by atoms with Crippen molar-refractivity contribution in [1.82, 2.24) is 9.88 Å². The molecule has 4 aromatic rings. The largest absolute Gasteiger partial charge is 0.480 e. The monoisotopic (exact) mass is 532 g/mol. The van der Waals surface area contributed by atoms with Crippen LogP contribution in [0.3, 0.4) is 0 Å². The Labute approximate surface area is 214 Å². The molecule has 0 aliphatic heterocycles. The third-order valence-electron chi connectivity index (χ3n) is 6.28. The number of hydrogen-bond donors (Lipinski definition) is 2. The molecule has 0 fully saturated rings. The maximum Gasteiger partial charge on any atom is 0.326 e. The van der Waals surface area contributed by atoms with Gasteiger partial charge in [0, 0.05) is 21.4 Å². The van der Waals surface area contributed by atoms with Crippen LogP contribution in [0, 0.1) is 6.92 Å². The number of carbonyl (C=O) groups is 1. The number of thiophene rings is 1. The Morgan fingerprint density at radius 1 is 1.14 bits per heavy atom. The van der Waals surface area contributed by atoms with E-state index in [1.165, 1.54) is 16.9 Å². The fourth-order valence-corrected chi connectivity index (χ4v) is 7.72. The Hall–Kier alpha value is -2.39. The number of nitrogens with zero attached hydrogens (tertiary/aromatic N) is 1. The molecule has 4 rings (SSSR count). The minimum Gasteiger partial charge on any atom is -0.480 e. The summed E-state index contributed by atoms with van der Waals surface area (Å²) in [5.41, 5.74) is 2.90. The van der Waals surface area contributed by atoms with E-state index in [0.29, 0.717) is 22.2 Å². The first-order valence-electron chi connectivity index (χ1n) is 11.6. The molecule has 1 unspecified atom stereocenters. The minimum atomic E-state index is -3.34. The van der Waals surface area contributed by atoms with E-state index in [2.05, 4.69) is 11.4 Å². The topological polar surface area (TPSA) is 88.4 Å². The van der Waals surface area contributed by atoms with Gasteiger partial charge in [0.2, 0.25) is 0 Å². The quantitative estimate of drug-likeness (QED) is 0.236. The highest BCUT2D eigenvalue weighted by atomic mass is 35.5. The van der Waals surface area contributed by atoms with Crippen molar-refractivity contribution in [2.45, 2.75) is 43.4 Å². The number of fused-ring (bicyclic) bond motifs is 2. The maximum atomic E-state index is 12.9. The summed E-state index contributed by atoms with van der Waals surface area (Å²) in [5, 5.41) is 15.2. The van der Waals surface area contributed by atoms with Gasteiger partial charge < -0.3 is 15.0 Å². The average molecular weight is 533 g/mol. The lowest BCUT2D eigenvalue weighted by Crippen LogP contribution is -2.20. The molecule has 2 N–H and O–H groups in total. The second-order valence-corrected chi connectivity index (χ2v) is 12.6. The fourth-order valence-electron chi connectivity index (χ4n) is 4.32. The van der Waals surface area contributed by atoms with Gasteiger partial charge in [-0.3, -0.25) is 0 Å². The van der Waals surface area contributed by atoms with Crippen LogP contribution in [-0.2, 0) is 21.1 Å². The second kappa shape index (κ2) is 10.7. The molecule has 6 nitrogen and oxygen atoms in total. The van der Waals surface area contributed by atoms with Crippen molar-refractivity contribution in [3.8, 4) is 0 Å². The lowest BCUT2D eigenvalue weighted by Gasteiger charge is -2.10. The predicted octanol–water partition coefficient (Wildman–Crippen LogP) is 5.85. The lowest BCUT2D eigenvalue weighted by atomic mass is 10.1. The molecule has 2 aromatic heterocycles. The van der Waals surface area contributed by atoms with Crippen LogP contribution in [0.4, 0.5) is 0 Å². The number of halogens is 1. The molecule has 0 saturated carbocycles. The van der Waals surface area contributed by atoms with Crippen molar-refractivity contribution in [3.63, 3.8) is 0 Å². The van der Waals surface area contributed by atoms with Crippen LogP contribution in [0.1, 0.15) is 36.9 Å². The number of rotatable bonds is 11. The molecule has 35 heavy (non-hydrogen) atoms. The van der Waals surface area contributed by atoms with Gasteiger partial charge in [-0.1, -0.05) is 17.7 Å². The number of aromatic nitrogens is 1. The van der Waals surface area contributed by atoms with Crippen molar-refractivity contribution in [1.29, 1.82) is 0 Å². The van der Waals surface area contributed by atoms with Gasteiger partial charge in [-0.05, 0) is 104 Å². The normalized spacial score (nSPS) is 13.0. The molecule has 0 spiro atoms. The molecule has 186 valence electrons. The van der Waals surface area contributed by atoms with Gasteiger partial charge in [-0.2, -0.15) is 0 Å². The van der Waals surface area contributed by atoms with E-state index in [0.717, 1.165) is 45.9 Å². The molecule has 2 aromatic carbocycles. The second-order valence-electron chi connectivity index (χ2n) is 8.81. The van der Waals surface area contributed by atoms with Gasteiger partial charge in [0.1, 0.15) is 10.3 Å². The van der Waals surface area contributed by atoms with E-state index in [9.17, 15) is 18.3 Å². The highest BCUT2D eigenvalue weighted by Gasteiger charge is 2.21. The highest BCUT2D eigenvalue weighted by Crippen LogP contribution is 2.36. The maximum absolute atomic E-state index is 12.9. The van der Waals surface area contributed by atoms with Crippen LogP contribution < -0.4 is 5.32 Å². The van der Waals surface area contributed by atoms with Crippen molar-refractivity contribution in [2.24, 2.45) is 0 Å².